The Hall–Kier alpha value is -1.80. The van der Waals surface area contributed by atoms with Gasteiger partial charge in [-0.25, -0.2) is 0 Å². The molecule has 0 radical (unpaired) electrons. The predicted molar refractivity (Wildman–Crippen MR) is 86.9 cm³/mol. The second-order valence-corrected chi connectivity index (χ2v) is 5.90. The summed E-state index contributed by atoms with van der Waals surface area (Å²) < 4.78 is 5.92. The molecular weight excluding hydrogens is 258 g/mol. The van der Waals surface area contributed by atoms with E-state index in [0.29, 0.717) is 6.10 Å². The summed E-state index contributed by atoms with van der Waals surface area (Å²) in [6.07, 6.45) is 2.82. The van der Waals surface area contributed by atoms with Gasteiger partial charge in [0, 0.05) is 0 Å². The lowest BCUT2D eigenvalue weighted by molar-refractivity contribution is 0.302. The summed E-state index contributed by atoms with van der Waals surface area (Å²) in [4.78, 5) is 0. The number of hydrogen-bond acceptors (Lipinski definition) is 2. The highest BCUT2D eigenvalue weighted by Crippen LogP contribution is 2.31. The summed E-state index contributed by atoms with van der Waals surface area (Å²) in [7, 11) is 2.01. The van der Waals surface area contributed by atoms with Gasteiger partial charge in [0.1, 0.15) is 5.75 Å². The molecule has 21 heavy (non-hydrogen) atoms. The lowest BCUT2D eigenvalue weighted by Gasteiger charge is -2.21. The zero-order valence-electron chi connectivity index (χ0n) is 13.0. The van der Waals surface area contributed by atoms with Crippen LogP contribution in [0.25, 0.3) is 0 Å². The van der Waals surface area contributed by atoms with Crippen LogP contribution in [0.3, 0.4) is 0 Å². The van der Waals surface area contributed by atoms with E-state index < -0.39 is 0 Å². The fourth-order valence-corrected chi connectivity index (χ4v) is 2.73. The molecule has 1 unspecified atom stereocenters. The van der Waals surface area contributed by atoms with Crippen molar-refractivity contribution in [3.8, 4) is 5.75 Å². The predicted octanol–water partition coefficient (Wildman–Crippen LogP) is 4.15. The minimum absolute atomic E-state index is 0.202. The van der Waals surface area contributed by atoms with Crippen LogP contribution in [0.15, 0.2) is 42.5 Å². The number of nitrogens with one attached hydrogen (secondary N) is 1. The van der Waals surface area contributed by atoms with Crippen molar-refractivity contribution in [3.63, 3.8) is 0 Å². The van der Waals surface area contributed by atoms with Gasteiger partial charge in [0.25, 0.3) is 0 Å². The van der Waals surface area contributed by atoms with Crippen LogP contribution in [-0.4, -0.2) is 13.2 Å². The molecule has 2 aromatic carbocycles. The van der Waals surface area contributed by atoms with Crippen LogP contribution in [-0.2, 0) is 0 Å². The molecule has 2 nitrogen and oxygen atoms in total. The zero-order chi connectivity index (χ0) is 14.8. The molecule has 1 saturated carbocycles. The molecule has 1 N–H and O–H groups in total. The molecule has 0 saturated heterocycles. The lowest BCUT2D eigenvalue weighted by atomic mass is 9.93. The molecule has 1 fully saturated rings. The third-order valence-corrected chi connectivity index (χ3v) is 4.26. The molecule has 2 heteroatoms. The minimum Gasteiger partial charge on any atom is -0.490 e. The maximum absolute atomic E-state index is 5.92. The van der Waals surface area contributed by atoms with Crippen molar-refractivity contribution in [3.05, 3.63) is 64.7 Å². The minimum atomic E-state index is 0.202. The van der Waals surface area contributed by atoms with Gasteiger partial charge in [-0.3, -0.25) is 0 Å². The zero-order valence-corrected chi connectivity index (χ0v) is 13.0. The van der Waals surface area contributed by atoms with Gasteiger partial charge in [-0.2, -0.15) is 0 Å². The van der Waals surface area contributed by atoms with Gasteiger partial charge in [-0.15, -0.1) is 0 Å². The van der Waals surface area contributed by atoms with Crippen LogP contribution in [0.4, 0.5) is 0 Å². The number of rotatable bonds is 5. The highest BCUT2D eigenvalue weighted by Gasteiger charge is 2.24. The molecule has 2 aromatic rings. The van der Waals surface area contributed by atoms with E-state index in [-0.39, 0.29) is 6.04 Å². The molecule has 1 atom stereocenters. The highest BCUT2D eigenvalue weighted by molar-refractivity contribution is 5.42. The summed E-state index contributed by atoms with van der Waals surface area (Å²) in [5.74, 6) is 0.987. The van der Waals surface area contributed by atoms with Gasteiger partial charge in [0.15, 0.2) is 0 Å². The standard InChI is InChI=1S/C19H23NO/c1-13-6-4-9-18(14(13)2)19(20-3)15-7-5-8-17(12-15)21-16-10-11-16/h4-9,12,16,19-20H,10-11H2,1-3H3. The quantitative estimate of drug-likeness (QED) is 0.889. The van der Waals surface area contributed by atoms with Crippen LogP contribution in [0.2, 0.25) is 0 Å². The van der Waals surface area contributed by atoms with Crippen LogP contribution >= 0.6 is 0 Å². The van der Waals surface area contributed by atoms with E-state index in [2.05, 4.69) is 61.6 Å². The number of hydrogen-bond donors (Lipinski definition) is 1. The van der Waals surface area contributed by atoms with E-state index in [1.807, 2.05) is 7.05 Å². The van der Waals surface area contributed by atoms with Crippen molar-refractivity contribution >= 4 is 0 Å². The number of aryl methyl sites for hydroxylation is 1. The van der Waals surface area contributed by atoms with Gasteiger partial charge in [0.2, 0.25) is 0 Å². The third-order valence-electron chi connectivity index (χ3n) is 4.26. The molecule has 0 bridgehead atoms. The SMILES string of the molecule is CNC(c1cccc(OC2CC2)c1)c1cccc(C)c1C. The fourth-order valence-electron chi connectivity index (χ4n) is 2.73. The second-order valence-electron chi connectivity index (χ2n) is 5.90. The molecule has 0 aromatic heterocycles. The van der Waals surface area contributed by atoms with Gasteiger partial charge in [-0.1, -0.05) is 30.3 Å². The second kappa shape index (κ2) is 5.90. The van der Waals surface area contributed by atoms with Crippen molar-refractivity contribution in [1.29, 1.82) is 0 Å². The Labute approximate surface area is 127 Å². The monoisotopic (exact) mass is 281 g/mol. The first kappa shape index (κ1) is 14.2. The molecule has 0 spiro atoms. The van der Waals surface area contributed by atoms with Crippen LogP contribution in [0.5, 0.6) is 5.75 Å². The first-order valence-corrected chi connectivity index (χ1v) is 7.69. The van der Waals surface area contributed by atoms with Crippen LogP contribution < -0.4 is 10.1 Å². The van der Waals surface area contributed by atoms with E-state index in [0.717, 1.165) is 5.75 Å². The molecular formula is C19H23NO. The normalized spacial score (nSPS) is 15.8. The van der Waals surface area contributed by atoms with Crippen molar-refractivity contribution in [2.75, 3.05) is 7.05 Å². The fraction of sp³-hybridized carbons (Fsp3) is 0.368. The van der Waals surface area contributed by atoms with Crippen LogP contribution in [0.1, 0.15) is 41.1 Å². The Kier molecular flexibility index (Phi) is 3.98. The van der Waals surface area contributed by atoms with Gasteiger partial charge >= 0.3 is 0 Å². The Balaban J connectivity index is 1.93. The maximum atomic E-state index is 5.92. The van der Waals surface area contributed by atoms with Gasteiger partial charge < -0.3 is 10.1 Å². The van der Waals surface area contributed by atoms with E-state index in [1.54, 1.807) is 0 Å². The van der Waals surface area contributed by atoms with E-state index >= 15 is 0 Å². The van der Waals surface area contributed by atoms with Gasteiger partial charge in [0.05, 0.1) is 12.1 Å². The highest BCUT2D eigenvalue weighted by atomic mass is 16.5. The first-order valence-electron chi connectivity index (χ1n) is 7.69. The topological polar surface area (TPSA) is 21.3 Å². The van der Waals surface area contributed by atoms with Gasteiger partial charge in [-0.05, 0) is 68.1 Å². The van der Waals surface area contributed by atoms with E-state index in [9.17, 15) is 0 Å². The summed E-state index contributed by atoms with van der Waals surface area (Å²) in [6, 6.07) is 15.2. The van der Waals surface area contributed by atoms with Crippen molar-refractivity contribution in [2.24, 2.45) is 0 Å². The van der Waals surface area contributed by atoms with Crippen molar-refractivity contribution < 1.29 is 4.74 Å². The third kappa shape index (κ3) is 3.11. The molecule has 0 heterocycles. The molecule has 1 aliphatic carbocycles. The Morgan fingerprint density at radius 1 is 1.10 bits per heavy atom. The average Bonchev–Trinajstić information content (AvgIpc) is 3.29. The van der Waals surface area contributed by atoms with Crippen molar-refractivity contribution in [1.82, 2.24) is 5.32 Å². The summed E-state index contributed by atoms with van der Waals surface area (Å²) in [5.41, 5.74) is 5.27. The van der Waals surface area contributed by atoms with Crippen molar-refractivity contribution in [2.45, 2.75) is 38.8 Å². The Morgan fingerprint density at radius 2 is 1.86 bits per heavy atom. The molecule has 1 aliphatic rings. The maximum Gasteiger partial charge on any atom is 0.120 e. The Bertz CT molecular complexity index is 631. The molecule has 0 amide bonds. The number of ether oxygens (including phenoxy) is 1. The van der Waals surface area contributed by atoms with E-state index in [1.165, 1.54) is 35.1 Å². The molecule has 110 valence electrons. The largest absolute Gasteiger partial charge is 0.490 e. The Morgan fingerprint density at radius 3 is 2.57 bits per heavy atom. The summed E-state index contributed by atoms with van der Waals surface area (Å²) in [5, 5.41) is 3.44. The van der Waals surface area contributed by atoms with E-state index in [4.69, 9.17) is 4.74 Å². The summed E-state index contributed by atoms with van der Waals surface area (Å²) in [6.45, 7) is 4.36. The summed E-state index contributed by atoms with van der Waals surface area (Å²) >= 11 is 0. The first-order chi connectivity index (χ1) is 10.2. The smallest absolute Gasteiger partial charge is 0.120 e. The molecule has 3 rings (SSSR count). The average molecular weight is 281 g/mol. The lowest BCUT2D eigenvalue weighted by Crippen LogP contribution is -2.19. The molecule has 0 aliphatic heterocycles. The van der Waals surface area contributed by atoms with Crippen LogP contribution in [0, 0.1) is 13.8 Å². The number of benzene rings is 2.